The normalized spacial score (nSPS) is 14.1. The Hall–Kier alpha value is -5.51. The number of hydrogen-bond donors (Lipinski definition) is 2. The van der Waals surface area contributed by atoms with E-state index in [0.717, 1.165) is 11.1 Å². The van der Waals surface area contributed by atoms with E-state index in [1.54, 1.807) is 48.5 Å². The molecular weight excluding hydrogens is 535 g/mol. The van der Waals surface area contributed by atoms with E-state index < -0.39 is 6.04 Å². The number of benzene rings is 3. The van der Waals surface area contributed by atoms with E-state index in [0.29, 0.717) is 52.4 Å². The lowest BCUT2D eigenvalue weighted by Gasteiger charge is -2.29. The summed E-state index contributed by atoms with van der Waals surface area (Å²) < 4.78 is 27.0. The highest BCUT2D eigenvalue weighted by atomic mass is 19.1. The van der Waals surface area contributed by atoms with Crippen LogP contribution in [0, 0.1) is 5.82 Å². The molecule has 1 unspecified atom stereocenters. The molecule has 0 bridgehead atoms. The van der Waals surface area contributed by atoms with Gasteiger partial charge in [0.1, 0.15) is 18.5 Å². The van der Waals surface area contributed by atoms with Crippen molar-refractivity contribution in [2.75, 3.05) is 17.7 Å². The summed E-state index contributed by atoms with van der Waals surface area (Å²) in [5.74, 6) is 1.22. The van der Waals surface area contributed by atoms with Crippen LogP contribution in [0.5, 0.6) is 11.5 Å². The predicted molar refractivity (Wildman–Crippen MR) is 157 cm³/mol. The fraction of sp³-hybridized carbons (Fsp3) is 0.125. The zero-order valence-electron chi connectivity index (χ0n) is 22.9. The number of carbonyl (C=O) groups is 1. The van der Waals surface area contributed by atoms with Gasteiger partial charge in [0.05, 0.1) is 24.6 Å². The molecule has 210 valence electrons. The average Bonchev–Trinajstić information content (AvgIpc) is 3.44. The van der Waals surface area contributed by atoms with Crippen molar-refractivity contribution >= 4 is 17.5 Å². The Bertz CT molecular complexity index is 1750. The highest BCUT2D eigenvalue weighted by molar-refractivity contribution is 6.06. The Morgan fingerprint density at radius 2 is 1.83 bits per heavy atom. The number of allylic oxidation sites excluding steroid dienone is 1. The maximum absolute atomic E-state index is 13.8. The van der Waals surface area contributed by atoms with Gasteiger partial charge in [-0.25, -0.2) is 9.07 Å². The van der Waals surface area contributed by atoms with Crippen molar-refractivity contribution < 1.29 is 18.7 Å². The molecule has 0 fully saturated rings. The van der Waals surface area contributed by atoms with Crippen LogP contribution in [-0.2, 0) is 11.4 Å². The number of methoxy groups -OCH3 is 1. The van der Waals surface area contributed by atoms with Gasteiger partial charge in [0, 0.05) is 17.5 Å². The fourth-order valence-corrected chi connectivity index (χ4v) is 4.82. The lowest BCUT2D eigenvalue weighted by atomic mass is 9.94. The van der Waals surface area contributed by atoms with Crippen LogP contribution in [0.1, 0.15) is 24.1 Å². The second-order valence-electron chi connectivity index (χ2n) is 9.66. The van der Waals surface area contributed by atoms with Gasteiger partial charge in [-0.2, -0.15) is 4.98 Å². The van der Waals surface area contributed by atoms with Crippen LogP contribution in [0.2, 0.25) is 0 Å². The molecule has 1 aliphatic heterocycles. The predicted octanol–water partition coefficient (Wildman–Crippen LogP) is 5.99. The summed E-state index contributed by atoms with van der Waals surface area (Å²) >= 11 is 0. The standard InChI is InChI=1S/C32H27FN6O3/c1-20-28(31(40)36-25-9-6-16-34-18-25)29(39-32(35-20)37-30(38-39)22-10-13-24(33)14-11-22)23-12-15-26(27(17-23)41-2)42-19-21-7-4-3-5-8-21/h3-18,29H,19H2,1-2H3,(H,36,40)(H,35,37,38). The summed E-state index contributed by atoms with van der Waals surface area (Å²) in [5.41, 5.74) is 3.99. The van der Waals surface area contributed by atoms with E-state index in [2.05, 4.69) is 20.6 Å². The van der Waals surface area contributed by atoms with Crippen LogP contribution in [0.3, 0.4) is 0 Å². The number of nitrogens with one attached hydrogen (secondary N) is 2. The number of pyridine rings is 1. The maximum Gasteiger partial charge on any atom is 0.255 e. The van der Waals surface area contributed by atoms with E-state index in [1.807, 2.05) is 55.5 Å². The van der Waals surface area contributed by atoms with Gasteiger partial charge >= 0.3 is 0 Å². The second-order valence-corrected chi connectivity index (χ2v) is 9.66. The van der Waals surface area contributed by atoms with Crippen LogP contribution in [0.4, 0.5) is 16.0 Å². The van der Waals surface area contributed by atoms with Gasteiger partial charge < -0.3 is 20.1 Å². The van der Waals surface area contributed by atoms with Crippen molar-refractivity contribution in [1.82, 2.24) is 19.7 Å². The van der Waals surface area contributed by atoms with E-state index in [4.69, 9.17) is 14.6 Å². The number of ether oxygens (including phenoxy) is 2. The third kappa shape index (κ3) is 5.42. The van der Waals surface area contributed by atoms with Crippen molar-refractivity contribution in [2.24, 2.45) is 0 Å². The SMILES string of the molecule is COc1cc(C2C(C(=O)Nc3cccnc3)=C(C)Nc3nc(-c4ccc(F)cc4)nn32)ccc1OCc1ccccc1. The molecule has 0 aliphatic carbocycles. The minimum absolute atomic E-state index is 0.328. The van der Waals surface area contributed by atoms with Gasteiger partial charge in [0.2, 0.25) is 5.95 Å². The number of aromatic nitrogens is 4. The number of fused-ring (bicyclic) bond motifs is 1. The molecule has 0 saturated heterocycles. The number of halogens is 1. The molecule has 10 heteroatoms. The summed E-state index contributed by atoms with van der Waals surface area (Å²) in [7, 11) is 1.57. The highest BCUT2D eigenvalue weighted by Gasteiger charge is 2.35. The van der Waals surface area contributed by atoms with E-state index in [9.17, 15) is 9.18 Å². The number of nitrogens with zero attached hydrogens (tertiary/aromatic N) is 4. The Labute approximate surface area is 241 Å². The van der Waals surface area contributed by atoms with Crippen molar-refractivity contribution in [1.29, 1.82) is 0 Å². The number of anilines is 2. The topological polar surface area (TPSA) is 103 Å². The zero-order chi connectivity index (χ0) is 29.1. The Morgan fingerprint density at radius 3 is 2.57 bits per heavy atom. The molecule has 1 aliphatic rings. The summed E-state index contributed by atoms with van der Waals surface area (Å²) in [5, 5.41) is 10.9. The first-order chi connectivity index (χ1) is 20.5. The molecule has 3 aromatic carbocycles. The first-order valence-corrected chi connectivity index (χ1v) is 13.3. The van der Waals surface area contributed by atoms with Crippen molar-refractivity contribution in [2.45, 2.75) is 19.6 Å². The molecule has 1 atom stereocenters. The number of hydrogen-bond acceptors (Lipinski definition) is 7. The van der Waals surface area contributed by atoms with Gasteiger partial charge in [0.15, 0.2) is 17.3 Å². The van der Waals surface area contributed by atoms with E-state index >= 15 is 0 Å². The molecule has 9 nitrogen and oxygen atoms in total. The Balaban J connectivity index is 1.40. The van der Waals surface area contributed by atoms with Crippen LogP contribution in [-0.4, -0.2) is 32.8 Å². The van der Waals surface area contributed by atoms with Gasteiger partial charge in [-0.3, -0.25) is 9.78 Å². The molecular formula is C32H27FN6O3. The molecule has 5 aromatic rings. The van der Waals surface area contributed by atoms with Crippen molar-refractivity contribution in [3.8, 4) is 22.9 Å². The quantitative estimate of drug-likeness (QED) is 0.239. The van der Waals surface area contributed by atoms with E-state index in [1.165, 1.54) is 12.1 Å². The van der Waals surface area contributed by atoms with Gasteiger partial charge in [0.25, 0.3) is 5.91 Å². The lowest BCUT2D eigenvalue weighted by molar-refractivity contribution is -0.113. The van der Waals surface area contributed by atoms with Crippen molar-refractivity contribution in [3.05, 3.63) is 126 Å². The summed E-state index contributed by atoms with van der Waals surface area (Å²) in [4.78, 5) is 22.5. The molecule has 2 N–H and O–H groups in total. The highest BCUT2D eigenvalue weighted by Crippen LogP contribution is 2.40. The summed E-state index contributed by atoms with van der Waals surface area (Å²) in [6.45, 7) is 2.19. The van der Waals surface area contributed by atoms with Crippen LogP contribution in [0.15, 0.2) is 109 Å². The summed E-state index contributed by atoms with van der Waals surface area (Å²) in [6, 6.07) is 24.2. The molecule has 1 amide bonds. The minimum atomic E-state index is -0.670. The molecule has 0 saturated carbocycles. The smallest absolute Gasteiger partial charge is 0.255 e. The van der Waals surface area contributed by atoms with Gasteiger partial charge in [-0.1, -0.05) is 36.4 Å². The largest absolute Gasteiger partial charge is 0.493 e. The number of rotatable bonds is 8. The minimum Gasteiger partial charge on any atom is -0.493 e. The first kappa shape index (κ1) is 26.7. The molecule has 2 aromatic heterocycles. The van der Waals surface area contributed by atoms with Gasteiger partial charge in [-0.15, -0.1) is 5.10 Å². The Kier molecular flexibility index (Phi) is 7.33. The lowest BCUT2D eigenvalue weighted by Crippen LogP contribution is -2.31. The van der Waals surface area contributed by atoms with Crippen LogP contribution >= 0.6 is 0 Å². The van der Waals surface area contributed by atoms with Gasteiger partial charge in [-0.05, 0) is 66.6 Å². The maximum atomic E-state index is 13.8. The average molecular weight is 563 g/mol. The van der Waals surface area contributed by atoms with Crippen LogP contribution in [0.25, 0.3) is 11.4 Å². The Morgan fingerprint density at radius 1 is 1.02 bits per heavy atom. The third-order valence-electron chi connectivity index (χ3n) is 6.86. The monoisotopic (exact) mass is 562 g/mol. The molecule has 0 radical (unpaired) electrons. The molecule has 6 rings (SSSR count). The van der Waals surface area contributed by atoms with Crippen LogP contribution < -0.4 is 20.1 Å². The first-order valence-electron chi connectivity index (χ1n) is 13.3. The number of carbonyl (C=O) groups excluding carboxylic acids is 1. The fourth-order valence-electron chi connectivity index (χ4n) is 4.82. The molecule has 3 heterocycles. The second kappa shape index (κ2) is 11.5. The van der Waals surface area contributed by atoms with Crippen molar-refractivity contribution in [3.63, 3.8) is 0 Å². The molecule has 0 spiro atoms. The third-order valence-corrected chi connectivity index (χ3v) is 6.86. The molecule has 42 heavy (non-hydrogen) atoms. The zero-order valence-corrected chi connectivity index (χ0v) is 22.9. The summed E-state index contributed by atoms with van der Waals surface area (Å²) in [6.07, 6.45) is 3.21. The number of amides is 1. The van der Waals surface area contributed by atoms with E-state index in [-0.39, 0.29) is 11.7 Å².